The molecule has 0 fully saturated rings. The lowest BCUT2D eigenvalue weighted by Crippen LogP contribution is -2.01. The van der Waals surface area contributed by atoms with Gasteiger partial charge in [0.25, 0.3) is 0 Å². The van der Waals surface area contributed by atoms with Crippen molar-refractivity contribution in [1.82, 2.24) is 9.97 Å². The molecule has 1 atom stereocenters. The summed E-state index contributed by atoms with van der Waals surface area (Å²) in [5.41, 5.74) is 2.82. The summed E-state index contributed by atoms with van der Waals surface area (Å²) in [5.74, 6) is -0.339. The highest BCUT2D eigenvalue weighted by molar-refractivity contribution is 5.34. The van der Waals surface area contributed by atoms with E-state index in [4.69, 9.17) is 0 Å². The summed E-state index contributed by atoms with van der Waals surface area (Å²) in [6, 6.07) is 10.2. The van der Waals surface area contributed by atoms with E-state index in [-0.39, 0.29) is 5.92 Å². The highest BCUT2D eigenvalue weighted by Crippen LogP contribution is 2.21. The van der Waals surface area contributed by atoms with Crippen LogP contribution in [0, 0.1) is 18.3 Å². The van der Waals surface area contributed by atoms with Crippen LogP contribution in [0.1, 0.15) is 22.7 Å². The Bertz CT molecular complexity index is 497. The molecule has 3 heteroatoms. The van der Waals surface area contributed by atoms with E-state index in [0.717, 1.165) is 5.56 Å². The summed E-state index contributed by atoms with van der Waals surface area (Å²) in [6.45, 7) is 2.02. The fourth-order valence-corrected chi connectivity index (χ4v) is 1.53. The highest BCUT2D eigenvalue weighted by atomic mass is 14.8. The van der Waals surface area contributed by atoms with Gasteiger partial charge >= 0.3 is 0 Å². The van der Waals surface area contributed by atoms with Crippen molar-refractivity contribution in [3.63, 3.8) is 0 Å². The van der Waals surface area contributed by atoms with Crippen molar-refractivity contribution < 1.29 is 0 Å². The van der Waals surface area contributed by atoms with Crippen LogP contribution in [0.3, 0.4) is 0 Å². The van der Waals surface area contributed by atoms with Crippen molar-refractivity contribution in [3.8, 4) is 6.07 Å². The predicted molar refractivity (Wildman–Crippen MR) is 60.7 cm³/mol. The minimum atomic E-state index is -0.339. The molecule has 0 spiro atoms. The Morgan fingerprint density at radius 2 is 1.94 bits per heavy atom. The van der Waals surface area contributed by atoms with Gasteiger partial charge in [-0.2, -0.15) is 5.26 Å². The minimum Gasteiger partial charge on any atom is -0.261 e. The van der Waals surface area contributed by atoms with E-state index < -0.39 is 0 Å². The first-order valence-corrected chi connectivity index (χ1v) is 5.03. The third-order valence-electron chi connectivity index (χ3n) is 2.42. The molecule has 1 aromatic carbocycles. The lowest BCUT2D eigenvalue weighted by molar-refractivity contribution is 0.941. The summed E-state index contributed by atoms with van der Waals surface area (Å²) in [6.07, 6.45) is 4.84. The molecule has 0 bridgehead atoms. The molecule has 0 aliphatic heterocycles. The van der Waals surface area contributed by atoms with Gasteiger partial charge in [0.1, 0.15) is 5.92 Å². The fraction of sp³-hybridized carbons (Fsp3) is 0.154. The van der Waals surface area contributed by atoms with Gasteiger partial charge in [0, 0.05) is 12.4 Å². The largest absolute Gasteiger partial charge is 0.261 e. The molecular formula is C13H11N3. The fourth-order valence-electron chi connectivity index (χ4n) is 1.53. The molecule has 0 amide bonds. The van der Waals surface area contributed by atoms with E-state index in [1.54, 1.807) is 18.6 Å². The second-order valence-electron chi connectivity index (χ2n) is 3.60. The first-order valence-electron chi connectivity index (χ1n) is 5.03. The summed E-state index contributed by atoms with van der Waals surface area (Å²) in [4.78, 5) is 8.15. The molecule has 2 aromatic rings. The van der Waals surface area contributed by atoms with E-state index in [9.17, 15) is 5.26 Å². The van der Waals surface area contributed by atoms with Crippen molar-refractivity contribution in [2.24, 2.45) is 0 Å². The smallest absolute Gasteiger partial charge is 0.115 e. The number of hydrogen-bond acceptors (Lipinski definition) is 3. The third kappa shape index (κ3) is 2.06. The third-order valence-corrected chi connectivity index (χ3v) is 2.42. The van der Waals surface area contributed by atoms with E-state index >= 15 is 0 Å². The molecule has 1 heterocycles. The molecule has 0 aliphatic rings. The molecule has 0 aliphatic carbocycles. The molecule has 1 unspecified atom stereocenters. The topological polar surface area (TPSA) is 49.6 Å². The maximum atomic E-state index is 9.18. The number of benzene rings is 1. The van der Waals surface area contributed by atoms with Gasteiger partial charge in [-0.25, -0.2) is 0 Å². The van der Waals surface area contributed by atoms with E-state index in [0.29, 0.717) is 5.69 Å². The van der Waals surface area contributed by atoms with Crippen molar-refractivity contribution in [1.29, 1.82) is 5.26 Å². The van der Waals surface area contributed by atoms with Crippen LogP contribution in [0.2, 0.25) is 0 Å². The van der Waals surface area contributed by atoms with Gasteiger partial charge in [0.05, 0.1) is 18.0 Å². The Kier molecular flexibility index (Phi) is 2.93. The molecule has 16 heavy (non-hydrogen) atoms. The molecule has 0 radical (unpaired) electrons. The second-order valence-corrected chi connectivity index (χ2v) is 3.60. The van der Waals surface area contributed by atoms with Crippen LogP contribution in [-0.2, 0) is 0 Å². The van der Waals surface area contributed by atoms with Gasteiger partial charge in [-0.15, -0.1) is 0 Å². The lowest BCUT2D eigenvalue weighted by Gasteiger charge is -2.08. The average Bonchev–Trinajstić information content (AvgIpc) is 2.34. The van der Waals surface area contributed by atoms with Crippen LogP contribution < -0.4 is 0 Å². The van der Waals surface area contributed by atoms with Crippen LogP contribution in [0.4, 0.5) is 0 Å². The summed E-state index contributed by atoms with van der Waals surface area (Å²) >= 11 is 0. The molecule has 0 N–H and O–H groups in total. The van der Waals surface area contributed by atoms with Crippen LogP contribution in [0.15, 0.2) is 42.9 Å². The van der Waals surface area contributed by atoms with Gasteiger partial charge in [0.15, 0.2) is 0 Å². The minimum absolute atomic E-state index is 0.339. The monoisotopic (exact) mass is 209 g/mol. The van der Waals surface area contributed by atoms with Crippen molar-refractivity contribution in [2.75, 3.05) is 0 Å². The molecule has 1 aromatic heterocycles. The number of aromatic nitrogens is 2. The molecule has 0 saturated carbocycles. The Balaban J connectivity index is 2.38. The number of nitrogens with zero attached hydrogens (tertiary/aromatic N) is 3. The summed E-state index contributed by atoms with van der Waals surface area (Å²) in [5, 5.41) is 9.18. The number of nitriles is 1. The second kappa shape index (κ2) is 4.54. The van der Waals surface area contributed by atoms with Gasteiger partial charge in [-0.05, 0) is 12.5 Å². The van der Waals surface area contributed by atoms with Crippen molar-refractivity contribution >= 4 is 0 Å². The van der Waals surface area contributed by atoms with Crippen molar-refractivity contribution in [3.05, 3.63) is 59.7 Å². The van der Waals surface area contributed by atoms with Gasteiger partial charge < -0.3 is 0 Å². The van der Waals surface area contributed by atoms with Crippen molar-refractivity contribution in [2.45, 2.75) is 12.8 Å². The van der Waals surface area contributed by atoms with E-state index in [1.807, 2.05) is 31.2 Å². The lowest BCUT2D eigenvalue weighted by atomic mass is 9.97. The van der Waals surface area contributed by atoms with Crippen LogP contribution in [0.5, 0.6) is 0 Å². The van der Waals surface area contributed by atoms with Crippen LogP contribution >= 0.6 is 0 Å². The molecule has 2 rings (SSSR count). The zero-order chi connectivity index (χ0) is 11.4. The Labute approximate surface area is 94.4 Å². The Morgan fingerprint density at radius 1 is 1.19 bits per heavy atom. The number of hydrogen-bond donors (Lipinski definition) is 0. The Morgan fingerprint density at radius 3 is 2.50 bits per heavy atom. The number of aryl methyl sites for hydroxylation is 1. The summed E-state index contributed by atoms with van der Waals surface area (Å²) < 4.78 is 0. The normalized spacial score (nSPS) is 11.8. The molecule has 0 saturated heterocycles. The Hall–Kier alpha value is -2.21. The average molecular weight is 209 g/mol. The molecular weight excluding hydrogens is 198 g/mol. The maximum Gasteiger partial charge on any atom is 0.115 e. The van der Waals surface area contributed by atoms with E-state index in [1.165, 1.54) is 5.56 Å². The molecule has 78 valence electrons. The zero-order valence-electron chi connectivity index (χ0n) is 8.96. The van der Waals surface area contributed by atoms with Gasteiger partial charge in [0.2, 0.25) is 0 Å². The first-order chi connectivity index (χ1) is 7.81. The molecule has 3 nitrogen and oxygen atoms in total. The van der Waals surface area contributed by atoms with Crippen LogP contribution in [0.25, 0.3) is 0 Å². The van der Waals surface area contributed by atoms with E-state index in [2.05, 4.69) is 16.0 Å². The highest BCUT2D eigenvalue weighted by Gasteiger charge is 2.14. The van der Waals surface area contributed by atoms with Gasteiger partial charge in [-0.3, -0.25) is 9.97 Å². The first kappa shape index (κ1) is 10.3. The maximum absolute atomic E-state index is 9.18. The van der Waals surface area contributed by atoms with Gasteiger partial charge in [-0.1, -0.05) is 29.8 Å². The summed E-state index contributed by atoms with van der Waals surface area (Å²) in [7, 11) is 0. The predicted octanol–water partition coefficient (Wildman–Crippen LogP) is 2.44. The van der Waals surface area contributed by atoms with Crippen LogP contribution in [-0.4, -0.2) is 9.97 Å². The number of rotatable bonds is 2. The standard InChI is InChI=1S/C13H11N3/c1-10-2-4-11(5-3-10)12(8-14)13-9-15-6-7-16-13/h2-7,9,12H,1H3. The quantitative estimate of drug-likeness (QED) is 0.763. The SMILES string of the molecule is Cc1ccc(C(C#N)c2cnccn2)cc1. The zero-order valence-corrected chi connectivity index (χ0v) is 8.96.